The molecule has 12 nitrogen and oxygen atoms in total. The van der Waals surface area contributed by atoms with Gasteiger partial charge in [0.1, 0.15) is 35.0 Å². The predicted octanol–water partition coefficient (Wildman–Crippen LogP) is 4.36. The average molecular weight is 634 g/mol. The van der Waals surface area contributed by atoms with E-state index in [-0.39, 0.29) is 19.0 Å². The number of halogens is 2. The van der Waals surface area contributed by atoms with E-state index in [0.717, 1.165) is 11.8 Å². The van der Waals surface area contributed by atoms with Gasteiger partial charge in [0.15, 0.2) is 6.10 Å². The van der Waals surface area contributed by atoms with Crippen molar-refractivity contribution in [3.63, 3.8) is 0 Å². The maximum atomic E-state index is 12.2. The summed E-state index contributed by atoms with van der Waals surface area (Å²) in [5, 5.41) is 20.3. The van der Waals surface area contributed by atoms with Crippen LogP contribution in [-0.2, 0) is 39.9 Å². The fourth-order valence-corrected chi connectivity index (χ4v) is 5.40. The Hall–Kier alpha value is -2.91. The molecular weight excluding hydrogens is 607 g/mol. The first-order chi connectivity index (χ1) is 18.9. The third kappa shape index (κ3) is 9.63. The van der Waals surface area contributed by atoms with Crippen molar-refractivity contribution in [3.8, 4) is 16.6 Å². The molecule has 4 atom stereocenters. The molecule has 2 unspecified atom stereocenters. The lowest BCUT2D eigenvalue weighted by atomic mass is 10.2. The van der Waals surface area contributed by atoms with Crippen molar-refractivity contribution in [1.29, 1.82) is 0 Å². The highest BCUT2D eigenvalue weighted by molar-refractivity contribution is 7.99. The number of carbonyl (C=O) groups excluding carboxylic acids is 3. The summed E-state index contributed by atoms with van der Waals surface area (Å²) in [6, 6.07) is 4.93. The van der Waals surface area contributed by atoms with E-state index in [1.54, 1.807) is 31.3 Å². The molecule has 0 saturated carbocycles. The zero-order chi connectivity index (χ0) is 29.4. The summed E-state index contributed by atoms with van der Waals surface area (Å²) >= 11 is 14.6. The fourth-order valence-electron chi connectivity index (χ4n) is 3.32. The van der Waals surface area contributed by atoms with Gasteiger partial charge in [0.2, 0.25) is 5.88 Å². The van der Waals surface area contributed by atoms with Gasteiger partial charge in [-0.3, -0.25) is 14.4 Å². The Morgan fingerprint density at radius 2 is 1.80 bits per heavy atom. The van der Waals surface area contributed by atoms with E-state index in [2.05, 4.69) is 15.3 Å². The Bertz CT molecular complexity index is 1340. The summed E-state index contributed by atoms with van der Waals surface area (Å²) in [7, 11) is 0. The number of ether oxygens (including phenoxy) is 4. The first kappa shape index (κ1) is 31.6. The number of thioether (sulfide) groups is 1. The molecule has 0 aliphatic rings. The number of thiazole rings is 1. The maximum absolute atomic E-state index is 12.2. The molecule has 40 heavy (non-hydrogen) atoms. The van der Waals surface area contributed by atoms with Gasteiger partial charge < -0.3 is 24.1 Å². The van der Waals surface area contributed by atoms with Gasteiger partial charge in [0.25, 0.3) is 0 Å². The summed E-state index contributed by atoms with van der Waals surface area (Å²) in [5.74, 6) is -1.85. The molecule has 0 spiro atoms. The van der Waals surface area contributed by atoms with Crippen LogP contribution in [0.15, 0.2) is 34.7 Å². The molecule has 2 heterocycles. The molecule has 0 saturated heterocycles. The van der Waals surface area contributed by atoms with Crippen LogP contribution in [0.2, 0.25) is 10.0 Å². The van der Waals surface area contributed by atoms with Gasteiger partial charge in [-0.05, 0) is 25.1 Å². The highest BCUT2D eigenvalue weighted by Crippen LogP contribution is 2.34. The molecule has 1 aromatic carbocycles. The summed E-state index contributed by atoms with van der Waals surface area (Å²) in [5.41, 5.74) is -0.547. The number of carbonyl (C=O) groups is 3. The van der Waals surface area contributed by atoms with Gasteiger partial charge in [0.05, 0.1) is 28.2 Å². The maximum Gasteiger partial charge on any atom is 0.303 e. The van der Waals surface area contributed by atoms with Crippen molar-refractivity contribution in [2.45, 2.75) is 62.9 Å². The van der Waals surface area contributed by atoms with Crippen molar-refractivity contribution in [3.05, 3.63) is 39.8 Å². The minimum Gasteiger partial charge on any atom is -0.493 e. The number of rotatable bonds is 13. The number of hydrogen-bond donors (Lipinski definition) is 1. The Labute approximate surface area is 247 Å². The second-order valence-electron chi connectivity index (χ2n) is 8.34. The normalized spacial score (nSPS) is 14.2. The quantitative estimate of drug-likeness (QED) is 0.123. The van der Waals surface area contributed by atoms with Gasteiger partial charge in [0, 0.05) is 25.7 Å². The van der Waals surface area contributed by atoms with Crippen LogP contribution in [0.3, 0.4) is 0 Å². The highest BCUT2D eigenvalue weighted by Gasteiger charge is 2.34. The molecule has 0 amide bonds. The van der Waals surface area contributed by atoms with Crippen LogP contribution in [0.5, 0.6) is 5.88 Å². The van der Waals surface area contributed by atoms with Crippen LogP contribution in [0.1, 0.15) is 27.7 Å². The van der Waals surface area contributed by atoms with Gasteiger partial charge in [-0.15, -0.1) is 16.4 Å². The molecule has 0 aliphatic heterocycles. The lowest BCUT2D eigenvalue weighted by Crippen LogP contribution is -2.43. The van der Waals surface area contributed by atoms with Crippen molar-refractivity contribution >= 4 is 64.2 Å². The zero-order valence-corrected chi connectivity index (χ0v) is 24.9. The number of benzene rings is 1. The van der Waals surface area contributed by atoms with Gasteiger partial charge in [-0.1, -0.05) is 40.2 Å². The number of aromatic hydroxyl groups is 1. The Morgan fingerprint density at radius 1 is 1.07 bits per heavy atom. The molecule has 0 aliphatic carbocycles. The fraction of sp³-hybridized carbons (Fsp3) is 0.417. The highest BCUT2D eigenvalue weighted by atomic mass is 35.5. The molecule has 1 N–H and O–H groups in total. The Morgan fingerprint density at radius 3 is 2.40 bits per heavy atom. The van der Waals surface area contributed by atoms with Crippen molar-refractivity contribution < 1.29 is 38.4 Å². The second-order valence-corrected chi connectivity index (χ2v) is 11.2. The largest absolute Gasteiger partial charge is 0.493 e. The van der Waals surface area contributed by atoms with Crippen molar-refractivity contribution in [1.82, 2.24) is 20.0 Å². The molecule has 216 valence electrons. The van der Waals surface area contributed by atoms with Gasteiger partial charge in [-0.2, -0.15) is 0 Å². The standard InChI is InChI=1S/C24H26Cl2N4O8S2/c1-12(36-14(3)32)21(10-35-13(2)31)38-24(40-16-5-6-17(25)18(26)7-16)20(37-15(4)33)9-30-8-19(28-29-30)23-27-22(34)11-39-23/h5-8,11-12,20-21,24,34H,9-10H2,1-4H3/t12-,20+,21?,24?/m1/s1. The minimum atomic E-state index is -0.972. The number of aromatic nitrogens is 4. The van der Waals surface area contributed by atoms with Crippen LogP contribution in [0.4, 0.5) is 0 Å². The molecule has 0 bridgehead atoms. The first-order valence-electron chi connectivity index (χ1n) is 11.7. The number of esters is 3. The summed E-state index contributed by atoms with van der Waals surface area (Å²) in [6.45, 7) is 5.07. The van der Waals surface area contributed by atoms with E-state index in [4.69, 9.17) is 42.1 Å². The Balaban J connectivity index is 1.95. The molecule has 3 aromatic rings. The Kier molecular flexibility index (Phi) is 11.6. The van der Waals surface area contributed by atoms with E-state index in [0.29, 0.717) is 25.6 Å². The number of nitrogens with zero attached hydrogens (tertiary/aromatic N) is 4. The number of hydrogen-bond acceptors (Lipinski definition) is 13. The molecule has 3 rings (SSSR count). The second kappa shape index (κ2) is 14.6. The third-order valence-corrected chi connectivity index (χ3v) is 7.78. The van der Waals surface area contributed by atoms with Crippen LogP contribution < -0.4 is 0 Å². The summed E-state index contributed by atoms with van der Waals surface area (Å²) < 4.78 is 23.9. The van der Waals surface area contributed by atoms with E-state index in [1.807, 2.05) is 0 Å². The smallest absolute Gasteiger partial charge is 0.303 e. The average Bonchev–Trinajstić information content (AvgIpc) is 3.50. The lowest BCUT2D eigenvalue weighted by Gasteiger charge is -2.32. The van der Waals surface area contributed by atoms with E-state index in [9.17, 15) is 19.5 Å². The third-order valence-electron chi connectivity index (χ3n) is 5.02. The zero-order valence-electron chi connectivity index (χ0n) is 21.8. The summed E-state index contributed by atoms with van der Waals surface area (Å²) in [4.78, 5) is 40.0. The minimum absolute atomic E-state index is 0.00877. The van der Waals surface area contributed by atoms with Crippen LogP contribution >= 0.6 is 46.3 Å². The summed E-state index contributed by atoms with van der Waals surface area (Å²) in [6.07, 6.45) is -1.16. The monoisotopic (exact) mass is 632 g/mol. The lowest BCUT2D eigenvalue weighted by molar-refractivity contribution is -0.170. The van der Waals surface area contributed by atoms with E-state index >= 15 is 0 Å². The van der Waals surface area contributed by atoms with Crippen LogP contribution in [-0.4, -0.2) is 73.3 Å². The van der Waals surface area contributed by atoms with Crippen LogP contribution in [0.25, 0.3) is 10.7 Å². The van der Waals surface area contributed by atoms with Gasteiger partial charge in [-0.25, -0.2) is 9.67 Å². The predicted molar refractivity (Wildman–Crippen MR) is 147 cm³/mol. The SMILES string of the molecule is CC(=O)OCC(OC(Sc1ccc(Cl)c(Cl)c1)[C@H](Cn1cc(-c2nc(O)cs2)nn1)OC(C)=O)[C@@H](C)OC(C)=O. The molecule has 16 heteroatoms. The molecular formula is C24H26Cl2N4O8S2. The molecule has 2 aromatic heterocycles. The van der Waals surface area contributed by atoms with Crippen LogP contribution in [0, 0.1) is 0 Å². The van der Waals surface area contributed by atoms with E-state index < -0.39 is 41.7 Å². The first-order valence-corrected chi connectivity index (χ1v) is 14.2. The molecule has 0 fully saturated rings. The topological polar surface area (TPSA) is 152 Å². The van der Waals surface area contributed by atoms with Crippen molar-refractivity contribution in [2.75, 3.05) is 6.61 Å². The van der Waals surface area contributed by atoms with E-state index in [1.165, 1.54) is 42.2 Å². The molecule has 0 radical (unpaired) electrons. The van der Waals surface area contributed by atoms with Crippen molar-refractivity contribution in [2.24, 2.45) is 0 Å². The van der Waals surface area contributed by atoms with Gasteiger partial charge >= 0.3 is 17.9 Å².